The highest BCUT2D eigenvalue weighted by atomic mass is 32.2. The number of aliphatic carboxylic acids is 1. The van der Waals surface area contributed by atoms with Crippen LogP contribution in [0.25, 0.3) is 5.57 Å². The number of nitrogens with zero attached hydrogens (tertiary/aromatic N) is 2. The van der Waals surface area contributed by atoms with E-state index in [0.29, 0.717) is 24.0 Å². The number of amides is 2. The van der Waals surface area contributed by atoms with Gasteiger partial charge in [-0.1, -0.05) is 55.5 Å². The van der Waals surface area contributed by atoms with E-state index in [1.54, 1.807) is 25.2 Å². The molecule has 0 aromatic heterocycles. The van der Waals surface area contributed by atoms with Gasteiger partial charge in [-0.2, -0.15) is 0 Å². The molecule has 3 rings (SSSR count). The van der Waals surface area contributed by atoms with Crippen LogP contribution in [0.4, 0.5) is 5.69 Å². The molecule has 8 heteroatoms. The monoisotopic (exact) mass is 376 g/mol. The van der Waals surface area contributed by atoms with E-state index in [1.165, 1.54) is 4.90 Å². The van der Waals surface area contributed by atoms with Gasteiger partial charge in [-0.3, -0.25) is 14.5 Å². The predicted octanol–water partition coefficient (Wildman–Crippen LogP) is 2.49. The Morgan fingerprint density at radius 3 is 2.60 bits per heavy atom. The first kappa shape index (κ1) is 17.6. The van der Waals surface area contributed by atoms with Crippen LogP contribution in [0.15, 0.2) is 29.2 Å². The minimum atomic E-state index is -1.10. The molecule has 130 valence electrons. The average Bonchev–Trinajstić information content (AvgIpc) is 3.00. The van der Waals surface area contributed by atoms with Gasteiger partial charge >= 0.3 is 5.97 Å². The number of para-hydroxylation sites is 1. The summed E-state index contributed by atoms with van der Waals surface area (Å²) in [5, 5.41) is 9.45. The summed E-state index contributed by atoms with van der Waals surface area (Å²) in [6.07, 6.45) is 0.902. The number of likely N-dealkylation sites (N-methyl/N-ethyl adjacent to an activating group) is 1. The highest BCUT2D eigenvalue weighted by molar-refractivity contribution is 8.26. The van der Waals surface area contributed by atoms with Gasteiger partial charge in [0.15, 0.2) is 0 Å². The standard InChI is InChI=1S/C17H16N2O4S2/c1-3-6-11(16(22)23)19-15(21)13(25-17(19)24)12-9-7-4-5-8-10(9)18(2)14(12)20/h4-5,7-8,11H,3,6H2,1-2H3,(H,22,23)/b13-12+/t11-/m0/s1. The zero-order valence-electron chi connectivity index (χ0n) is 13.7. The lowest BCUT2D eigenvalue weighted by atomic mass is 10.1. The molecule has 1 atom stereocenters. The second-order valence-electron chi connectivity index (χ2n) is 5.77. The molecular weight excluding hydrogens is 360 g/mol. The van der Waals surface area contributed by atoms with E-state index in [9.17, 15) is 19.5 Å². The highest BCUT2D eigenvalue weighted by Crippen LogP contribution is 2.44. The van der Waals surface area contributed by atoms with Crippen molar-refractivity contribution in [2.45, 2.75) is 25.8 Å². The van der Waals surface area contributed by atoms with E-state index in [-0.39, 0.29) is 15.1 Å². The molecule has 1 N–H and O–H groups in total. The quantitative estimate of drug-likeness (QED) is 0.643. The van der Waals surface area contributed by atoms with Gasteiger partial charge in [-0.15, -0.1) is 0 Å². The summed E-state index contributed by atoms with van der Waals surface area (Å²) in [4.78, 5) is 39.9. The van der Waals surface area contributed by atoms with Crippen LogP contribution >= 0.6 is 24.0 Å². The van der Waals surface area contributed by atoms with E-state index in [4.69, 9.17) is 12.2 Å². The molecule has 1 saturated heterocycles. The van der Waals surface area contributed by atoms with E-state index >= 15 is 0 Å². The van der Waals surface area contributed by atoms with Gasteiger partial charge in [0.2, 0.25) is 0 Å². The zero-order chi connectivity index (χ0) is 18.3. The number of rotatable bonds is 4. The molecule has 0 bridgehead atoms. The van der Waals surface area contributed by atoms with E-state index in [1.807, 2.05) is 13.0 Å². The Labute approximate surface area is 154 Å². The predicted molar refractivity (Wildman–Crippen MR) is 100 cm³/mol. The fourth-order valence-electron chi connectivity index (χ4n) is 3.02. The van der Waals surface area contributed by atoms with Crippen molar-refractivity contribution in [2.24, 2.45) is 0 Å². The molecule has 0 aliphatic carbocycles. The molecule has 25 heavy (non-hydrogen) atoms. The Kier molecular flexibility index (Phi) is 4.66. The molecule has 1 fully saturated rings. The zero-order valence-corrected chi connectivity index (χ0v) is 15.3. The number of hydrogen-bond acceptors (Lipinski definition) is 5. The average molecular weight is 376 g/mol. The molecule has 0 unspecified atom stereocenters. The third-order valence-corrected chi connectivity index (χ3v) is 5.64. The fraction of sp³-hybridized carbons (Fsp3) is 0.294. The van der Waals surface area contributed by atoms with Crippen LogP contribution in [0.1, 0.15) is 25.3 Å². The van der Waals surface area contributed by atoms with Crippen LogP contribution in [0.2, 0.25) is 0 Å². The largest absolute Gasteiger partial charge is 0.480 e. The SMILES string of the molecule is CCC[C@@H](C(=O)O)N1C(=O)/C(=C2\C(=O)N(C)c3ccccc32)SC1=S. The van der Waals surface area contributed by atoms with Crippen LogP contribution in [0.5, 0.6) is 0 Å². The van der Waals surface area contributed by atoms with E-state index in [2.05, 4.69) is 0 Å². The van der Waals surface area contributed by atoms with Gasteiger partial charge in [0.25, 0.3) is 11.8 Å². The summed E-state index contributed by atoms with van der Waals surface area (Å²) in [5.74, 6) is -1.90. The normalized spacial score (nSPS) is 21.1. The Hall–Kier alpha value is -2.19. The minimum absolute atomic E-state index is 0.174. The third-order valence-electron chi connectivity index (χ3n) is 4.24. The Morgan fingerprint density at radius 1 is 1.28 bits per heavy atom. The van der Waals surface area contributed by atoms with Crippen LogP contribution in [-0.2, 0) is 14.4 Å². The second kappa shape index (κ2) is 6.61. The third kappa shape index (κ3) is 2.75. The minimum Gasteiger partial charge on any atom is -0.480 e. The Balaban J connectivity index is 2.09. The molecule has 0 spiro atoms. The first-order valence-electron chi connectivity index (χ1n) is 7.78. The van der Waals surface area contributed by atoms with Crippen molar-refractivity contribution in [1.29, 1.82) is 0 Å². The van der Waals surface area contributed by atoms with Gasteiger partial charge in [0.05, 0.1) is 16.2 Å². The maximum absolute atomic E-state index is 12.9. The molecule has 1 aromatic carbocycles. The molecule has 1 aromatic rings. The highest BCUT2D eigenvalue weighted by Gasteiger charge is 2.44. The number of thiocarbonyl (C=S) groups is 1. The van der Waals surface area contributed by atoms with Crippen molar-refractivity contribution < 1.29 is 19.5 Å². The summed E-state index contributed by atoms with van der Waals surface area (Å²) in [7, 11) is 1.64. The van der Waals surface area contributed by atoms with Gasteiger partial charge in [0, 0.05) is 12.6 Å². The number of thioether (sulfide) groups is 1. The topological polar surface area (TPSA) is 77.9 Å². The van der Waals surface area contributed by atoms with Crippen molar-refractivity contribution in [3.8, 4) is 0 Å². The second-order valence-corrected chi connectivity index (χ2v) is 7.42. The van der Waals surface area contributed by atoms with Gasteiger partial charge in [0.1, 0.15) is 10.4 Å². The summed E-state index contributed by atoms with van der Waals surface area (Å²) in [6, 6.07) is 6.18. The van der Waals surface area contributed by atoms with Crippen molar-refractivity contribution in [2.75, 3.05) is 11.9 Å². The van der Waals surface area contributed by atoms with E-state index < -0.39 is 17.9 Å². The lowest BCUT2D eigenvalue weighted by molar-refractivity contribution is -0.145. The van der Waals surface area contributed by atoms with Crippen molar-refractivity contribution in [3.05, 3.63) is 34.7 Å². The number of anilines is 1. The summed E-state index contributed by atoms with van der Waals surface area (Å²) < 4.78 is 0.174. The number of fused-ring (bicyclic) bond motifs is 1. The molecule has 2 aliphatic heterocycles. The first-order chi connectivity index (χ1) is 11.9. The van der Waals surface area contributed by atoms with E-state index in [0.717, 1.165) is 22.3 Å². The van der Waals surface area contributed by atoms with Crippen LogP contribution in [0, 0.1) is 0 Å². The summed E-state index contributed by atoms with van der Waals surface area (Å²) >= 11 is 6.25. The summed E-state index contributed by atoms with van der Waals surface area (Å²) in [5.41, 5.74) is 1.67. The van der Waals surface area contributed by atoms with Crippen LogP contribution in [-0.4, -0.2) is 45.2 Å². The number of carbonyl (C=O) groups is 3. The number of carboxylic acid groups (broad SMARTS) is 1. The Bertz CT molecular complexity index is 834. The van der Waals surface area contributed by atoms with Gasteiger partial charge < -0.3 is 10.0 Å². The van der Waals surface area contributed by atoms with Gasteiger partial charge in [-0.25, -0.2) is 4.79 Å². The lowest BCUT2D eigenvalue weighted by Gasteiger charge is -2.22. The van der Waals surface area contributed by atoms with Crippen molar-refractivity contribution >= 4 is 57.3 Å². The molecule has 2 aliphatic rings. The molecule has 6 nitrogen and oxygen atoms in total. The molecule has 0 saturated carbocycles. The number of carbonyl (C=O) groups excluding carboxylic acids is 2. The number of hydrogen-bond donors (Lipinski definition) is 1. The molecule has 2 amide bonds. The molecule has 2 heterocycles. The summed E-state index contributed by atoms with van der Waals surface area (Å²) in [6.45, 7) is 1.84. The smallest absolute Gasteiger partial charge is 0.326 e. The van der Waals surface area contributed by atoms with Crippen LogP contribution in [0.3, 0.4) is 0 Å². The number of benzene rings is 1. The van der Waals surface area contributed by atoms with Gasteiger partial charge in [-0.05, 0) is 12.5 Å². The van der Waals surface area contributed by atoms with Crippen molar-refractivity contribution in [1.82, 2.24) is 4.90 Å². The Morgan fingerprint density at radius 2 is 1.96 bits per heavy atom. The number of carboxylic acids is 1. The molecule has 0 radical (unpaired) electrons. The molecular formula is C17H16N2O4S2. The van der Waals surface area contributed by atoms with Crippen molar-refractivity contribution in [3.63, 3.8) is 0 Å². The fourth-order valence-corrected chi connectivity index (χ4v) is 4.45. The lowest BCUT2D eigenvalue weighted by Crippen LogP contribution is -2.43. The maximum atomic E-state index is 12.9. The first-order valence-corrected chi connectivity index (χ1v) is 9.00. The maximum Gasteiger partial charge on any atom is 0.326 e. The van der Waals surface area contributed by atoms with Crippen LogP contribution < -0.4 is 4.90 Å².